The lowest BCUT2D eigenvalue weighted by molar-refractivity contribution is -0.137. The maximum atomic E-state index is 13.8. The Morgan fingerprint density at radius 3 is 2.57 bits per heavy atom. The van der Waals surface area contributed by atoms with Crippen molar-refractivity contribution in [3.05, 3.63) is 88.4 Å². The molecule has 0 saturated heterocycles. The van der Waals surface area contributed by atoms with Gasteiger partial charge in [-0.25, -0.2) is 4.39 Å². The van der Waals surface area contributed by atoms with Gasteiger partial charge < -0.3 is 16.4 Å². The maximum Gasteiger partial charge on any atom is 0.416 e. The minimum Gasteiger partial charge on any atom is -0.375 e. The Morgan fingerprint density at radius 1 is 1.23 bits per heavy atom. The van der Waals surface area contributed by atoms with E-state index in [-0.39, 0.29) is 23.3 Å². The third kappa shape index (κ3) is 6.67. The molecule has 0 radical (unpaired) electrons. The number of allylic oxidation sites excluding steroid dienone is 1. The van der Waals surface area contributed by atoms with Crippen molar-refractivity contribution in [1.82, 2.24) is 10.6 Å². The number of hydrogen-bond donors (Lipinski definition) is 3. The van der Waals surface area contributed by atoms with Gasteiger partial charge >= 0.3 is 6.18 Å². The highest BCUT2D eigenvalue weighted by Gasteiger charge is 2.33. The summed E-state index contributed by atoms with van der Waals surface area (Å²) in [6.45, 7) is 5.93. The number of nitrogens with one attached hydrogen (secondary N) is 2. The first kappa shape index (κ1) is 26.8. The van der Waals surface area contributed by atoms with E-state index in [0.717, 1.165) is 46.7 Å². The van der Waals surface area contributed by atoms with Crippen molar-refractivity contribution in [3.8, 4) is 0 Å². The van der Waals surface area contributed by atoms with Gasteiger partial charge in [-0.15, -0.1) is 6.58 Å². The van der Waals surface area contributed by atoms with Gasteiger partial charge in [-0.1, -0.05) is 23.9 Å². The Kier molecular flexibility index (Phi) is 8.66. The first-order valence-electron chi connectivity index (χ1n) is 11.3. The summed E-state index contributed by atoms with van der Waals surface area (Å²) in [5, 5.41) is 5.91. The molecule has 0 spiro atoms. The normalized spacial score (nSPS) is 17.4. The topological polar surface area (TPSA) is 67.2 Å². The molecule has 1 unspecified atom stereocenters. The molecule has 1 fully saturated rings. The van der Waals surface area contributed by atoms with E-state index in [2.05, 4.69) is 22.9 Å². The molecule has 4 N–H and O–H groups in total. The summed E-state index contributed by atoms with van der Waals surface area (Å²) in [5.41, 5.74) is 7.35. The number of carbonyl (C=O) groups excluding carboxylic acids is 1. The molecule has 9 heteroatoms. The highest BCUT2D eigenvalue weighted by atomic mass is 32.2. The lowest BCUT2D eigenvalue weighted by Crippen LogP contribution is -2.24. The Labute approximate surface area is 207 Å². The molecular formula is C26H29F4N3OS. The second kappa shape index (κ2) is 11.3. The molecule has 1 aliphatic heterocycles. The van der Waals surface area contributed by atoms with Crippen LogP contribution >= 0.6 is 11.8 Å². The molecule has 2 aromatic carbocycles. The molecular weight excluding hydrogens is 478 g/mol. The first-order chi connectivity index (χ1) is 16.7. The number of amides is 1. The average Bonchev–Trinajstić information content (AvgIpc) is 3.60. The Balaban J connectivity index is 0.00000167. The van der Waals surface area contributed by atoms with Crippen LogP contribution in [0.3, 0.4) is 0 Å². The zero-order valence-corrected chi connectivity index (χ0v) is 20.5. The molecule has 35 heavy (non-hydrogen) atoms. The van der Waals surface area contributed by atoms with Crippen LogP contribution in [0.25, 0.3) is 4.91 Å². The fourth-order valence-electron chi connectivity index (χ4n) is 3.99. The highest BCUT2D eigenvalue weighted by molar-refractivity contribution is 8.09. The van der Waals surface area contributed by atoms with Crippen molar-refractivity contribution in [1.29, 1.82) is 0 Å². The van der Waals surface area contributed by atoms with E-state index < -0.39 is 17.6 Å². The first-order valence-corrected chi connectivity index (χ1v) is 12.2. The fourth-order valence-corrected chi connectivity index (χ4v) is 5.29. The molecule has 0 bridgehead atoms. The predicted octanol–water partition coefficient (Wildman–Crippen LogP) is 5.81. The third-order valence-electron chi connectivity index (χ3n) is 5.67. The van der Waals surface area contributed by atoms with Crippen LogP contribution in [0.5, 0.6) is 0 Å². The number of hydrogen-bond acceptors (Lipinski definition) is 4. The van der Waals surface area contributed by atoms with E-state index in [1.807, 2.05) is 25.1 Å². The van der Waals surface area contributed by atoms with Crippen LogP contribution in [0.15, 0.2) is 54.8 Å². The predicted molar refractivity (Wildman–Crippen MR) is 133 cm³/mol. The lowest BCUT2D eigenvalue weighted by atomic mass is 9.98. The summed E-state index contributed by atoms with van der Waals surface area (Å²) in [6.07, 6.45) is -0.638. The Morgan fingerprint density at radius 2 is 1.94 bits per heavy atom. The minimum absolute atomic E-state index is 0.129. The van der Waals surface area contributed by atoms with E-state index >= 15 is 0 Å². The molecule has 1 saturated carbocycles. The molecule has 1 heterocycles. The molecule has 1 amide bonds. The standard InChI is InChI=1S/C25H24F4N2OS.CH5N/c1-3-8-30-24(32)20-7-6-17(12-21(20)16-4-5-16)23-14(2)31-22(33-23)11-15-9-18(25(27,28)29)13-19(26)10-15;1-2/h3,6-7,9-10,12-13,16,22,31H,1,4-5,8,11H2,2H3,(H,30,32);2H2,1H3. The zero-order chi connectivity index (χ0) is 25.8. The molecule has 2 aliphatic rings. The van der Waals surface area contributed by atoms with Gasteiger partial charge in [0.05, 0.1) is 10.9 Å². The number of carbonyl (C=O) groups is 1. The van der Waals surface area contributed by atoms with Crippen LogP contribution < -0.4 is 16.4 Å². The van der Waals surface area contributed by atoms with Crippen molar-refractivity contribution in [2.75, 3.05) is 13.6 Å². The lowest BCUT2D eigenvalue weighted by Gasteiger charge is -2.14. The monoisotopic (exact) mass is 507 g/mol. The summed E-state index contributed by atoms with van der Waals surface area (Å²) in [6, 6.07) is 8.43. The van der Waals surface area contributed by atoms with E-state index in [1.165, 1.54) is 18.8 Å². The molecule has 4 nitrogen and oxygen atoms in total. The van der Waals surface area contributed by atoms with E-state index in [9.17, 15) is 22.4 Å². The van der Waals surface area contributed by atoms with Crippen molar-refractivity contribution in [2.45, 2.75) is 43.7 Å². The zero-order valence-electron chi connectivity index (χ0n) is 19.6. The van der Waals surface area contributed by atoms with Crippen LogP contribution in [0.1, 0.15) is 58.3 Å². The summed E-state index contributed by atoms with van der Waals surface area (Å²) in [7, 11) is 1.50. The van der Waals surface area contributed by atoms with Crippen molar-refractivity contribution >= 4 is 22.6 Å². The van der Waals surface area contributed by atoms with Gasteiger partial charge in [-0.05, 0) is 79.8 Å². The van der Waals surface area contributed by atoms with Gasteiger partial charge in [0.15, 0.2) is 0 Å². The Hall–Kier alpha value is -2.78. The molecule has 0 aromatic heterocycles. The molecule has 188 valence electrons. The van der Waals surface area contributed by atoms with Crippen LogP contribution in [0.2, 0.25) is 0 Å². The van der Waals surface area contributed by atoms with E-state index in [1.54, 1.807) is 6.08 Å². The van der Waals surface area contributed by atoms with E-state index in [4.69, 9.17) is 0 Å². The van der Waals surface area contributed by atoms with Crippen LogP contribution in [0.4, 0.5) is 17.6 Å². The highest BCUT2D eigenvalue weighted by Crippen LogP contribution is 2.45. The number of halogens is 4. The second-order valence-electron chi connectivity index (χ2n) is 8.33. The molecule has 4 rings (SSSR count). The van der Waals surface area contributed by atoms with Gasteiger partial charge in [-0.2, -0.15) is 13.2 Å². The quantitative estimate of drug-likeness (QED) is 0.327. The van der Waals surface area contributed by atoms with Crippen molar-refractivity contribution in [3.63, 3.8) is 0 Å². The molecule has 2 aromatic rings. The smallest absolute Gasteiger partial charge is 0.375 e. The van der Waals surface area contributed by atoms with Gasteiger partial charge in [-0.3, -0.25) is 4.79 Å². The van der Waals surface area contributed by atoms with Gasteiger partial charge in [0.25, 0.3) is 5.91 Å². The molecule has 1 atom stereocenters. The van der Waals surface area contributed by atoms with Gasteiger partial charge in [0.2, 0.25) is 0 Å². The number of thioether (sulfide) groups is 1. The number of rotatable bonds is 7. The van der Waals surface area contributed by atoms with Crippen LogP contribution in [-0.2, 0) is 12.6 Å². The summed E-state index contributed by atoms with van der Waals surface area (Å²) in [4.78, 5) is 13.5. The Bertz CT molecular complexity index is 1130. The van der Waals surface area contributed by atoms with E-state index in [0.29, 0.717) is 24.1 Å². The second-order valence-corrected chi connectivity index (χ2v) is 9.54. The van der Waals surface area contributed by atoms with Gasteiger partial charge in [0.1, 0.15) is 5.82 Å². The number of alkyl halides is 3. The number of nitrogens with two attached hydrogens (primary N) is 1. The minimum atomic E-state index is -4.59. The van der Waals surface area contributed by atoms with Gasteiger partial charge in [0, 0.05) is 29.1 Å². The average molecular weight is 508 g/mol. The van der Waals surface area contributed by atoms with Crippen molar-refractivity contribution < 1.29 is 22.4 Å². The van der Waals surface area contributed by atoms with Crippen molar-refractivity contribution in [2.24, 2.45) is 5.73 Å². The van der Waals surface area contributed by atoms with Crippen LogP contribution in [0, 0.1) is 5.82 Å². The maximum absolute atomic E-state index is 13.8. The number of benzene rings is 2. The molecule has 1 aliphatic carbocycles. The summed E-state index contributed by atoms with van der Waals surface area (Å²) < 4.78 is 52.9. The SMILES string of the molecule is C=CCNC(=O)c1ccc(C2=C(C)NC(Cc3cc(F)cc(C(F)(F)F)c3)S2)cc1C1CC1.CN. The summed E-state index contributed by atoms with van der Waals surface area (Å²) >= 11 is 1.51. The largest absolute Gasteiger partial charge is 0.416 e. The fraction of sp³-hybridized carbons (Fsp3) is 0.346. The summed E-state index contributed by atoms with van der Waals surface area (Å²) in [5.74, 6) is -0.665. The van der Waals surface area contributed by atoms with Crippen LogP contribution in [-0.4, -0.2) is 24.9 Å². The third-order valence-corrected chi connectivity index (χ3v) is 7.01.